The lowest BCUT2D eigenvalue weighted by Crippen LogP contribution is -2.15. The van der Waals surface area contributed by atoms with E-state index in [-0.39, 0.29) is 6.61 Å². The predicted molar refractivity (Wildman–Crippen MR) is 106 cm³/mol. The summed E-state index contributed by atoms with van der Waals surface area (Å²) in [5.74, 6) is 0.285. The third-order valence-corrected chi connectivity index (χ3v) is 3.44. The summed E-state index contributed by atoms with van der Waals surface area (Å²) < 4.78 is 31.8. The van der Waals surface area contributed by atoms with Crippen LogP contribution in [0, 0.1) is 0 Å². The fourth-order valence-corrected chi connectivity index (χ4v) is 1.94. The maximum absolute atomic E-state index is 11.1. The number of ether oxygens (including phenoxy) is 6. The lowest BCUT2D eigenvalue weighted by Gasteiger charge is -2.09. The van der Waals surface area contributed by atoms with Gasteiger partial charge in [0.1, 0.15) is 25.2 Å². The molecule has 0 N–H and O–H groups in total. The van der Waals surface area contributed by atoms with Crippen molar-refractivity contribution in [1.82, 2.24) is 0 Å². The number of esters is 1. The van der Waals surface area contributed by atoms with E-state index in [1.165, 1.54) is 0 Å². The molecule has 8 nitrogen and oxygen atoms in total. The molecule has 0 aliphatic heterocycles. The first-order chi connectivity index (χ1) is 14.1. The zero-order valence-corrected chi connectivity index (χ0v) is 16.9. The molecule has 0 bridgehead atoms. The van der Waals surface area contributed by atoms with Crippen LogP contribution in [0.1, 0.15) is 17.3 Å². The van der Waals surface area contributed by atoms with E-state index in [4.69, 9.17) is 28.4 Å². The molecule has 0 radical (unpaired) electrons. The number of aldehydes is 1. The van der Waals surface area contributed by atoms with Gasteiger partial charge in [-0.25, -0.2) is 4.79 Å². The molecule has 1 aromatic rings. The fraction of sp³-hybridized carbons (Fsp3) is 0.524. The Labute approximate surface area is 171 Å². The molecule has 0 heterocycles. The van der Waals surface area contributed by atoms with Crippen LogP contribution in [-0.2, 0) is 28.5 Å². The Morgan fingerprint density at radius 2 is 1.24 bits per heavy atom. The average molecular weight is 410 g/mol. The van der Waals surface area contributed by atoms with Gasteiger partial charge in [0.15, 0.2) is 0 Å². The van der Waals surface area contributed by atoms with Crippen molar-refractivity contribution in [2.75, 3.05) is 66.1 Å². The van der Waals surface area contributed by atoms with Crippen LogP contribution in [0.5, 0.6) is 5.75 Å². The Morgan fingerprint density at radius 3 is 1.69 bits per heavy atom. The van der Waals surface area contributed by atoms with E-state index in [9.17, 15) is 9.59 Å². The van der Waals surface area contributed by atoms with Gasteiger partial charge in [0.25, 0.3) is 0 Å². The molecule has 0 spiro atoms. The van der Waals surface area contributed by atoms with Crippen LogP contribution >= 0.6 is 0 Å². The van der Waals surface area contributed by atoms with Gasteiger partial charge < -0.3 is 28.4 Å². The van der Waals surface area contributed by atoms with Crippen LogP contribution < -0.4 is 4.74 Å². The summed E-state index contributed by atoms with van der Waals surface area (Å²) in [4.78, 5) is 21.7. The summed E-state index contributed by atoms with van der Waals surface area (Å²) in [7, 11) is 0. The molecule has 0 amide bonds. The minimum atomic E-state index is -0.413. The second-order valence-electron chi connectivity index (χ2n) is 5.90. The zero-order valence-electron chi connectivity index (χ0n) is 16.9. The highest BCUT2D eigenvalue weighted by molar-refractivity contribution is 5.86. The highest BCUT2D eigenvalue weighted by Gasteiger charge is 2.01. The number of hydrogen-bond donors (Lipinski definition) is 0. The molecule has 0 aromatic heterocycles. The van der Waals surface area contributed by atoms with Crippen molar-refractivity contribution < 1.29 is 38.0 Å². The minimum Gasteiger partial charge on any atom is -0.491 e. The van der Waals surface area contributed by atoms with Crippen LogP contribution in [-0.4, -0.2) is 78.3 Å². The molecule has 0 saturated heterocycles. The van der Waals surface area contributed by atoms with E-state index in [0.29, 0.717) is 76.3 Å². The van der Waals surface area contributed by atoms with Crippen LogP contribution in [0.2, 0.25) is 0 Å². The summed E-state index contributed by atoms with van der Waals surface area (Å²) >= 11 is 0. The van der Waals surface area contributed by atoms with Crippen molar-refractivity contribution in [2.24, 2.45) is 0 Å². The Bertz CT molecular complexity index is 585. The number of rotatable bonds is 18. The summed E-state index contributed by atoms with van der Waals surface area (Å²) in [6.45, 7) is 9.24. The number of carbonyl (C=O) groups is 2. The number of carbonyl (C=O) groups excluding carboxylic acids is 2. The van der Waals surface area contributed by atoms with E-state index in [0.717, 1.165) is 6.29 Å². The highest BCUT2D eigenvalue weighted by atomic mass is 16.6. The first-order valence-corrected chi connectivity index (χ1v) is 9.45. The van der Waals surface area contributed by atoms with Gasteiger partial charge in [0, 0.05) is 11.1 Å². The van der Waals surface area contributed by atoms with Gasteiger partial charge >= 0.3 is 5.97 Å². The SMILES string of the molecule is C=C(C)C(=O)OCCOCCOCCOCCOCCOc1ccc(C=O)cc1. The molecular formula is C21H30O8. The van der Waals surface area contributed by atoms with Gasteiger partial charge in [0.05, 0.1) is 52.9 Å². The maximum Gasteiger partial charge on any atom is 0.333 e. The Kier molecular flexibility index (Phi) is 14.2. The van der Waals surface area contributed by atoms with E-state index in [1.807, 2.05) is 0 Å². The first-order valence-electron chi connectivity index (χ1n) is 9.45. The molecular weight excluding hydrogens is 380 g/mol. The van der Waals surface area contributed by atoms with E-state index >= 15 is 0 Å². The summed E-state index contributed by atoms with van der Waals surface area (Å²) in [5, 5.41) is 0. The monoisotopic (exact) mass is 410 g/mol. The smallest absolute Gasteiger partial charge is 0.333 e. The molecule has 1 aromatic carbocycles. The fourth-order valence-electron chi connectivity index (χ4n) is 1.94. The van der Waals surface area contributed by atoms with Crippen molar-refractivity contribution in [2.45, 2.75) is 6.92 Å². The van der Waals surface area contributed by atoms with Crippen LogP contribution in [0.3, 0.4) is 0 Å². The second-order valence-corrected chi connectivity index (χ2v) is 5.90. The predicted octanol–water partition coefficient (Wildman–Crippen LogP) is 2.06. The van der Waals surface area contributed by atoms with Gasteiger partial charge in [-0.1, -0.05) is 6.58 Å². The summed E-state index contributed by atoms with van der Waals surface area (Å²) in [6.07, 6.45) is 0.790. The molecule has 29 heavy (non-hydrogen) atoms. The average Bonchev–Trinajstić information content (AvgIpc) is 2.73. The van der Waals surface area contributed by atoms with Gasteiger partial charge in [-0.15, -0.1) is 0 Å². The van der Waals surface area contributed by atoms with Crippen LogP contribution in [0.4, 0.5) is 0 Å². The molecule has 0 saturated carbocycles. The molecule has 0 aliphatic carbocycles. The third-order valence-electron chi connectivity index (χ3n) is 3.44. The van der Waals surface area contributed by atoms with E-state index in [1.54, 1.807) is 31.2 Å². The van der Waals surface area contributed by atoms with E-state index in [2.05, 4.69) is 6.58 Å². The third kappa shape index (κ3) is 13.5. The van der Waals surface area contributed by atoms with E-state index < -0.39 is 5.97 Å². The number of hydrogen-bond acceptors (Lipinski definition) is 8. The molecule has 0 atom stereocenters. The topological polar surface area (TPSA) is 89.5 Å². The van der Waals surface area contributed by atoms with Crippen molar-refractivity contribution in [1.29, 1.82) is 0 Å². The summed E-state index contributed by atoms with van der Waals surface area (Å²) in [6, 6.07) is 6.90. The van der Waals surface area contributed by atoms with Crippen LogP contribution in [0.25, 0.3) is 0 Å². The highest BCUT2D eigenvalue weighted by Crippen LogP contribution is 2.10. The van der Waals surface area contributed by atoms with Crippen molar-refractivity contribution in [3.63, 3.8) is 0 Å². The molecule has 0 fully saturated rings. The van der Waals surface area contributed by atoms with Gasteiger partial charge in [-0.2, -0.15) is 0 Å². The minimum absolute atomic E-state index is 0.201. The second kappa shape index (κ2) is 16.7. The lowest BCUT2D eigenvalue weighted by molar-refractivity contribution is -0.140. The van der Waals surface area contributed by atoms with Crippen LogP contribution in [0.15, 0.2) is 36.4 Å². The molecule has 8 heteroatoms. The molecule has 0 unspecified atom stereocenters. The molecule has 0 aliphatic rings. The summed E-state index contributed by atoms with van der Waals surface area (Å²) in [5.41, 5.74) is 0.984. The van der Waals surface area contributed by atoms with Gasteiger partial charge in [-0.05, 0) is 31.2 Å². The number of benzene rings is 1. The van der Waals surface area contributed by atoms with Gasteiger partial charge in [-0.3, -0.25) is 4.79 Å². The normalized spacial score (nSPS) is 10.5. The maximum atomic E-state index is 11.1. The van der Waals surface area contributed by atoms with Crippen molar-refractivity contribution >= 4 is 12.3 Å². The molecule has 1 rings (SSSR count). The Morgan fingerprint density at radius 1 is 0.793 bits per heavy atom. The first kappa shape index (κ1) is 24.8. The Balaban J connectivity index is 1.78. The van der Waals surface area contributed by atoms with Crippen molar-refractivity contribution in [3.05, 3.63) is 42.0 Å². The van der Waals surface area contributed by atoms with Crippen molar-refractivity contribution in [3.8, 4) is 5.75 Å². The zero-order chi connectivity index (χ0) is 21.2. The van der Waals surface area contributed by atoms with Gasteiger partial charge in [0.2, 0.25) is 0 Å². The lowest BCUT2D eigenvalue weighted by atomic mass is 10.2. The Hall–Kier alpha value is -2.26. The quantitative estimate of drug-likeness (QED) is 0.157. The molecule has 162 valence electrons. The standard InChI is InChI=1S/C21H30O8/c1-18(2)21(23)29-16-14-27-12-10-25-8-7-24-9-11-26-13-15-28-20-5-3-19(17-22)4-6-20/h3-6,17H,1,7-16H2,2H3. The largest absolute Gasteiger partial charge is 0.491 e.